The van der Waals surface area contributed by atoms with Crippen molar-refractivity contribution in [2.75, 3.05) is 13.2 Å². The van der Waals surface area contributed by atoms with E-state index in [1.54, 1.807) is 0 Å². The molecule has 6 heteroatoms. The summed E-state index contributed by atoms with van der Waals surface area (Å²) >= 11 is 0. The predicted molar refractivity (Wildman–Crippen MR) is 330 cm³/mol. The molecule has 0 saturated carbocycles. The van der Waals surface area contributed by atoms with Crippen molar-refractivity contribution in [3.63, 3.8) is 0 Å². The Morgan fingerprint density at radius 3 is 0.816 bits per heavy atom. The Bertz CT molecular complexity index is 1490. The minimum absolute atomic E-state index is 0.0892. The van der Waals surface area contributed by atoms with E-state index in [0.717, 1.165) is 109 Å². The smallest absolute Gasteiger partial charge is 0.306 e. The first-order valence-corrected chi connectivity index (χ1v) is 32.2. The molecular weight excluding hydrogens is 937 g/mol. The van der Waals surface area contributed by atoms with Gasteiger partial charge in [-0.05, 0) is 103 Å². The molecule has 0 rings (SSSR count). The van der Waals surface area contributed by atoms with Crippen molar-refractivity contribution < 1.29 is 28.6 Å². The van der Waals surface area contributed by atoms with Crippen molar-refractivity contribution in [3.8, 4) is 0 Å². The van der Waals surface area contributed by atoms with Crippen LogP contribution in [0.5, 0.6) is 0 Å². The maximum atomic E-state index is 12.9. The average Bonchev–Trinajstić information content (AvgIpc) is 3.42. The van der Waals surface area contributed by atoms with Crippen molar-refractivity contribution in [1.82, 2.24) is 0 Å². The van der Waals surface area contributed by atoms with Crippen LogP contribution in [-0.2, 0) is 28.6 Å². The van der Waals surface area contributed by atoms with Crippen molar-refractivity contribution in [3.05, 3.63) is 97.2 Å². The molecule has 1 unspecified atom stereocenters. The van der Waals surface area contributed by atoms with Crippen LogP contribution in [0.25, 0.3) is 0 Å². The van der Waals surface area contributed by atoms with Gasteiger partial charge in [-0.15, -0.1) is 0 Å². The van der Waals surface area contributed by atoms with Crippen LogP contribution in [0.4, 0.5) is 0 Å². The maximum Gasteiger partial charge on any atom is 0.306 e. The molecular formula is C70H120O6. The molecule has 76 heavy (non-hydrogen) atoms. The molecule has 1 atom stereocenters. The van der Waals surface area contributed by atoms with E-state index < -0.39 is 6.10 Å². The molecule has 0 fully saturated rings. The number of carbonyl (C=O) groups excluding carboxylic acids is 3. The Hall–Kier alpha value is -3.67. The standard InChI is InChI=1S/C70H120O6/c1-4-7-10-13-16-19-22-25-27-29-31-32-33-34-35-36-37-38-40-41-43-45-48-51-54-57-60-63-69(72)75-66-67(65-74-68(71)62-59-56-53-50-47-24-21-18-15-12-9-6-3)76-70(73)64-61-58-55-52-49-46-44-42-39-30-28-26-23-20-17-14-11-8-5-2/h8,11,17,20,22,25-26,28-29,31,33-34,39,42,46,49,67H,4-7,9-10,12-16,18-19,21,23-24,27,30,32,35-38,40-41,43-45,47-48,50-66H2,1-3H3/b11-8-,20-17-,25-22-,28-26-,31-29-,34-33-,42-39-,49-46-. The summed E-state index contributed by atoms with van der Waals surface area (Å²) in [6, 6.07) is 0. The van der Waals surface area contributed by atoms with Crippen LogP contribution < -0.4 is 0 Å². The van der Waals surface area contributed by atoms with Gasteiger partial charge in [-0.3, -0.25) is 14.4 Å². The van der Waals surface area contributed by atoms with Crippen LogP contribution in [0, 0.1) is 0 Å². The van der Waals surface area contributed by atoms with E-state index in [2.05, 4.69) is 118 Å². The molecule has 436 valence electrons. The van der Waals surface area contributed by atoms with Gasteiger partial charge in [0.2, 0.25) is 0 Å². The summed E-state index contributed by atoms with van der Waals surface area (Å²) in [5.41, 5.74) is 0. The molecule has 0 aliphatic carbocycles. The third-order valence-corrected chi connectivity index (χ3v) is 13.8. The lowest BCUT2D eigenvalue weighted by atomic mass is 10.0. The van der Waals surface area contributed by atoms with Crippen molar-refractivity contribution in [1.29, 1.82) is 0 Å². The monoisotopic (exact) mass is 1060 g/mol. The summed E-state index contributed by atoms with van der Waals surface area (Å²) in [5.74, 6) is -0.914. The Balaban J connectivity index is 4.32. The molecule has 0 radical (unpaired) electrons. The van der Waals surface area contributed by atoms with Crippen LogP contribution in [0.2, 0.25) is 0 Å². The molecule has 0 aliphatic heterocycles. The lowest BCUT2D eigenvalue weighted by Crippen LogP contribution is -2.30. The largest absolute Gasteiger partial charge is 0.462 e. The molecule has 0 spiro atoms. The average molecular weight is 1060 g/mol. The van der Waals surface area contributed by atoms with Gasteiger partial charge in [0.1, 0.15) is 13.2 Å². The number of rotatable bonds is 58. The molecule has 0 saturated heterocycles. The first kappa shape index (κ1) is 72.3. The fourth-order valence-electron chi connectivity index (χ4n) is 9.01. The number of allylic oxidation sites excluding steroid dienone is 16. The molecule has 0 N–H and O–H groups in total. The molecule has 0 bridgehead atoms. The zero-order valence-corrected chi connectivity index (χ0v) is 50.0. The van der Waals surface area contributed by atoms with E-state index in [-0.39, 0.29) is 37.5 Å². The predicted octanol–water partition coefficient (Wildman–Crippen LogP) is 22.0. The SMILES string of the molecule is CC/C=C\C/C=C\C/C=C\C/C=C\C/C=C\CCCCCC(=O)OC(COC(=O)CCCCCCCCCCCCCC)COC(=O)CCCCCCCCCCCCCC/C=C\C/C=C\C/C=C\CCCCCCC. The van der Waals surface area contributed by atoms with E-state index in [1.807, 2.05) is 0 Å². The van der Waals surface area contributed by atoms with Crippen LogP contribution in [0.3, 0.4) is 0 Å². The quantitative estimate of drug-likeness (QED) is 0.0261. The fourth-order valence-corrected chi connectivity index (χ4v) is 9.01. The zero-order chi connectivity index (χ0) is 55.0. The van der Waals surface area contributed by atoms with Gasteiger partial charge < -0.3 is 14.2 Å². The number of carbonyl (C=O) groups is 3. The van der Waals surface area contributed by atoms with Gasteiger partial charge in [0.25, 0.3) is 0 Å². The first-order chi connectivity index (χ1) is 37.5. The summed E-state index contributed by atoms with van der Waals surface area (Å²) in [6.45, 7) is 6.51. The number of hydrogen-bond donors (Lipinski definition) is 0. The van der Waals surface area contributed by atoms with Gasteiger partial charge in [0.05, 0.1) is 0 Å². The van der Waals surface area contributed by atoms with Gasteiger partial charge in [0, 0.05) is 19.3 Å². The highest BCUT2D eigenvalue weighted by Gasteiger charge is 2.19. The first-order valence-electron chi connectivity index (χ1n) is 32.2. The Morgan fingerprint density at radius 2 is 0.513 bits per heavy atom. The highest BCUT2D eigenvalue weighted by Crippen LogP contribution is 2.16. The molecule has 0 amide bonds. The van der Waals surface area contributed by atoms with Crippen LogP contribution >= 0.6 is 0 Å². The zero-order valence-electron chi connectivity index (χ0n) is 50.0. The van der Waals surface area contributed by atoms with Crippen LogP contribution in [0.15, 0.2) is 97.2 Å². The van der Waals surface area contributed by atoms with Gasteiger partial charge in [-0.2, -0.15) is 0 Å². The number of unbranched alkanes of at least 4 members (excludes halogenated alkanes) is 31. The van der Waals surface area contributed by atoms with E-state index in [1.165, 1.54) is 161 Å². The van der Waals surface area contributed by atoms with Gasteiger partial charge >= 0.3 is 17.9 Å². The Morgan fingerprint density at radius 1 is 0.276 bits per heavy atom. The molecule has 0 aromatic carbocycles. The number of esters is 3. The lowest BCUT2D eigenvalue weighted by molar-refractivity contribution is -0.167. The third-order valence-electron chi connectivity index (χ3n) is 13.8. The Labute approximate surface area is 470 Å². The molecule has 0 aromatic rings. The maximum absolute atomic E-state index is 12.9. The Kier molecular flexibility index (Phi) is 60.8. The lowest BCUT2D eigenvalue weighted by Gasteiger charge is -2.18. The second kappa shape index (κ2) is 63.9. The highest BCUT2D eigenvalue weighted by molar-refractivity contribution is 5.71. The number of hydrogen-bond acceptors (Lipinski definition) is 6. The summed E-state index contributed by atoms with van der Waals surface area (Å²) in [6.07, 6.45) is 85.6. The van der Waals surface area contributed by atoms with E-state index in [0.29, 0.717) is 12.8 Å². The molecule has 0 heterocycles. The molecule has 0 aliphatic rings. The second-order valence-corrected chi connectivity index (χ2v) is 21.3. The normalized spacial score (nSPS) is 12.7. The van der Waals surface area contributed by atoms with E-state index in [9.17, 15) is 14.4 Å². The minimum Gasteiger partial charge on any atom is -0.462 e. The van der Waals surface area contributed by atoms with Gasteiger partial charge in [-0.25, -0.2) is 0 Å². The van der Waals surface area contributed by atoms with Crippen molar-refractivity contribution >= 4 is 17.9 Å². The minimum atomic E-state index is -0.796. The molecule has 0 aromatic heterocycles. The van der Waals surface area contributed by atoms with Crippen molar-refractivity contribution in [2.24, 2.45) is 0 Å². The van der Waals surface area contributed by atoms with Crippen LogP contribution in [0.1, 0.15) is 310 Å². The van der Waals surface area contributed by atoms with Gasteiger partial charge in [0.15, 0.2) is 6.10 Å². The summed E-state index contributed by atoms with van der Waals surface area (Å²) in [7, 11) is 0. The highest BCUT2D eigenvalue weighted by atomic mass is 16.6. The summed E-state index contributed by atoms with van der Waals surface area (Å²) in [5, 5.41) is 0. The summed E-state index contributed by atoms with van der Waals surface area (Å²) in [4.78, 5) is 38.3. The van der Waals surface area contributed by atoms with E-state index in [4.69, 9.17) is 14.2 Å². The van der Waals surface area contributed by atoms with Crippen LogP contribution in [-0.4, -0.2) is 37.2 Å². The summed E-state index contributed by atoms with van der Waals surface area (Å²) < 4.78 is 16.9. The topological polar surface area (TPSA) is 78.9 Å². The fraction of sp³-hybridized carbons (Fsp3) is 0.729. The number of ether oxygens (including phenoxy) is 3. The van der Waals surface area contributed by atoms with Crippen molar-refractivity contribution in [2.45, 2.75) is 316 Å². The van der Waals surface area contributed by atoms with Gasteiger partial charge in [-0.1, -0.05) is 285 Å². The molecule has 6 nitrogen and oxygen atoms in total. The van der Waals surface area contributed by atoms with E-state index >= 15 is 0 Å². The third kappa shape index (κ3) is 61.2. The second-order valence-electron chi connectivity index (χ2n) is 21.3.